The zero-order valence-electron chi connectivity index (χ0n) is 18.3. The Bertz CT molecular complexity index is 1040. The summed E-state index contributed by atoms with van der Waals surface area (Å²) in [5.41, 5.74) is 3.32. The average Bonchev–Trinajstić information content (AvgIpc) is 3.15. The maximum atomic E-state index is 9.26. The Morgan fingerprint density at radius 3 is 2.74 bits per heavy atom. The third-order valence-corrected chi connectivity index (χ3v) is 6.45. The minimum atomic E-state index is -1.11. The normalized spacial score (nSPS) is 12.3. The number of ether oxygens (including phenoxy) is 2. The fraction of sp³-hybridized carbons (Fsp3) is 0.348. The van der Waals surface area contributed by atoms with Crippen LogP contribution in [-0.4, -0.2) is 48.4 Å². The Hall–Kier alpha value is -2.81. The molecule has 0 bridgehead atoms. The minimum absolute atomic E-state index is 0.0309. The first-order chi connectivity index (χ1) is 14.9. The third-order valence-electron chi connectivity index (χ3n) is 4.75. The monoisotopic (exact) mass is 438 g/mol. The van der Waals surface area contributed by atoms with Crippen molar-refractivity contribution in [2.24, 2.45) is 4.99 Å². The third kappa shape index (κ3) is 6.85. The van der Waals surface area contributed by atoms with Gasteiger partial charge in [-0.2, -0.15) is 0 Å². The molecule has 2 heterocycles. The molecule has 0 spiro atoms. The first-order valence-electron chi connectivity index (χ1n) is 10.3. The summed E-state index contributed by atoms with van der Waals surface area (Å²) in [6, 6.07) is 12.4. The number of aromatic amines is 1. The number of pyridine rings is 1. The van der Waals surface area contributed by atoms with E-state index in [4.69, 9.17) is 14.9 Å². The molecule has 3 N–H and O–H groups in total. The Morgan fingerprint density at radius 2 is 2.06 bits per heavy atom. The van der Waals surface area contributed by atoms with Gasteiger partial charge in [0.1, 0.15) is 12.5 Å². The summed E-state index contributed by atoms with van der Waals surface area (Å²) in [5.74, 6) is 1.14. The number of benzene rings is 1. The number of hydrogen-bond acceptors (Lipinski definition) is 6. The molecule has 3 rings (SSSR count). The Labute approximate surface area is 183 Å². The largest absolute Gasteiger partial charge is 0.439 e. The van der Waals surface area contributed by atoms with Crippen molar-refractivity contribution in [2.75, 3.05) is 13.3 Å². The van der Waals surface area contributed by atoms with E-state index < -0.39 is 8.07 Å². The molecule has 164 valence electrons. The van der Waals surface area contributed by atoms with Crippen LogP contribution in [0.2, 0.25) is 25.7 Å². The van der Waals surface area contributed by atoms with Gasteiger partial charge in [0.05, 0.1) is 12.3 Å². The van der Waals surface area contributed by atoms with Gasteiger partial charge in [-0.25, -0.2) is 4.98 Å². The van der Waals surface area contributed by atoms with Crippen LogP contribution >= 0.6 is 0 Å². The van der Waals surface area contributed by atoms with Crippen LogP contribution in [0, 0.1) is 5.41 Å². The van der Waals surface area contributed by atoms with Crippen molar-refractivity contribution in [3.63, 3.8) is 0 Å². The molecule has 7 nitrogen and oxygen atoms in total. The number of aliphatic imine (C=N–C) groups is 1. The van der Waals surface area contributed by atoms with Crippen molar-refractivity contribution < 1.29 is 14.6 Å². The van der Waals surface area contributed by atoms with Gasteiger partial charge in [-0.3, -0.25) is 4.99 Å². The molecule has 0 aliphatic rings. The van der Waals surface area contributed by atoms with E-state index in [1.165, 1.54) is 6.21 Å². The first kappa shape index (κ1) is 22.9. The van der Waals surface area contributed by atoms with Gasteiger partial charge in [-0.05, 0) is 36.4 Å². The molecule has 3 aromatic rings. The highest BCUT2D eigenvalue weighted by Gasteiger charge is 2.12. The van der Waals surface area contributed by atoms with Gasteiger partial charge in [0.25, 0.3) is 0 Å². The number of aliphatic hydroxyl groups is 1. The minimum Gasteiger partial charge on any atom is -0.439 e. The maximum Gasteiger partial charge on any atom is 0.219 e. The van der Waals surface area contributed by atoms with Crippen molar-refractivity contribution in [3.05, 3.63) is 53.9 Å². The van der Waals surface area contributed by atoms with Gasteiger partial charge >= 0.3 is 0 Å². The number of hydrogen-bond donors (Lipinski definition) is 3. The number of nitrogens with zero attached hydrogens (tertiary/aromatic N) is 2. The second kappa shape index (κ2) is 10.5. The summed E-state index contributed by atoms with van der Waals surface area (Å²) < 4.78 is 11.5. The maximum absolute atomic E-state index is 9.26. The summed E-state index contributed by atoms with van der Waals surface area (Å²) in [5, 5.41) is 17.7. The second-order valence-electron chi connectivity index (χ2n) is 8.55. The number of fused-ring (bicyclic) bond motifs is 1. The highest BCUT2D eigenvalue weighted by atomic mass is 28.3. The summed E-state index contributed by atoms with van der Waals surface area (Å²) >= 11 is 0. The molecule has 0 amide bonds. The van der Waals surface area contributed by atoms with Crippen LogP contribution < -0.4 is 4.74 Å². The van der Waals surface area contributed by atoms with E-state index in [1.807, 2.05) is 30.3 Å². The van der Waals surface area contributed by atoms with Gasteiger partial charge in [0, 0.05) is 61.7 Å². The molecule has 0 saturated heterocycles. The van der Waals surface area contributed by atoms with Crippen molar-refractivity contribution in [1.29, 1.82) is 5.41 Å². The van der Waals surface area contributed by atoms with Crippen LogP contribution in [0.1, 0.15) is 17.7 Å². The van der Waals surface area contributed by atoms with Gasteiger partial charge in [0.2, 0.25) is 5.88 Å². The standard InChI is InChI=1S/C23H30N4O3Si/c1-31(2,3)11-10-29-16-26-21(8-9-24)17-4-7-23(25-14-17)30-20-5-6-22-18(13-20)12-19(15-28)27-22/h4-7,9,12-14,24,27-28H,8,10-11,15-16H2,1-3H3. The van der Waals surface area contributed by atoms with E-state index in [0.29, 0.717) is 31.4 Å². The van der Waals surface area contributed by atoms with Crippen molar-refractivity contribution in [3.8, 4) is 11.6 Å². The van der Waals surface area contributed by atoms with Gasteiger partial charge in [0.15, 0.2) is 0 Å². The van der Waals surface area contributed by atoms with Gasteiger partial charge < -0.3 is 25.0 Å². The van der Waals surface area contributed by atoms with E-state index in [9.17, 15) is 5.11 Å². The van der Waals surface area contributed by atoms with Crippen LogP contribution in [0.4, 0.5) is 0 Å². The summed E-state index contributed by atoms with van der Waals surface area (Å²) in [7, 11) is -1.11. The van der Waals surface area contributed by atoms with Crippen molar-refractivity contribution in [1.82, 2.24) is 9.97 Å². The molecule has 0 radical (unpaired) electrons. The van der Waals surface area contributed by atoms with Crippen LogP contribution in [-0.2, 0) is 11.3 Å². The van der Waals surface area contributed by atoms with Crippen molar-refractivity contribution >= 4 is 30.9 Å². The quantitative estimate of drug-likeness (QED) is 0.223. The number of aromatic nitrogens is 2. The molecule has 1 aromatic carbocycles. The molecular formula is C23H30N4O3Si. The van der Waals surface area contributed by atoms with E-state index in [2.05, 4.69) is 34.6 Å². The van der Waals surface area contributed by atoms with Gasteiger partial charge in [-0.15, -0.1) is 0 Å². The fourth-order valence-electron chi connectivity index (χ4n) is 2.99. The molecule has 31 heavy (non-hydrogen) atoms. The summed E-state index contributed by atoms with van der Waals surface area (Å²) in [6.07, 6.45) is 3.47. The number of H-pyrrole nitrogens is 1. The highest BCUT2D eigenvalue weighted by Crippen LogP contribution is 2.25. The average molecular weight is 439 g/mol. The Kier molecular flexibility index (Phi) is 7.73. The molecule has 8 heteroatoms. The number of aliphatic hydroxyl groups excluding tert-OH is 1. The molecule has 0 unspecified atom stereocenters. The predicted molar refractivity (Wildman–Crippen MR) is 127 cm³/mol. The van der Waals surface area contributed by atoms with Crippen LogP contribution in [0.3, 0.4) is 0 Å². The van der Waals surface area contributed by atoms with Crippen LogP contribution in [0.15, 0.2) is 47.6 Å². The van der Waals surface area contributed by atoms with E-state index in [1.54, 1.807) is 12.3 Å². The Balaban J connectivity index is 1.64. The Morgan fingerprint density at radius 1 is 1.23 bits per heavy atom. The smallest absolute Gasteiger partial charge is 0.219 e. The zero-order valence-corrected chi connectivity index (χ0v) is 19.3. The summed E-state index contributed by atoms with van der Waals surface area (Å²) in [4.78, 5) is 12.0. The molecule has 0 saturated carbocycles. The number of rotatable bonds is 11. The highest BCUT2D eigenvalue weighted by molar-refractivity contribution is 6.76. The van der Waals surface area contributed by atoms with Crippen LogP contribution in [0.25, 0.3) is 10.9 Å². The van der Waals surface area contributed by atoms with Gasteiger partial charge in [-0.1, -0.05) is 19.6 Å². The van der Waals surface area contributed by atoms with Crippen molar-refractivity contribution in [2.45, 2.75) is 38.7 Å². The number of nitrogens with one attached hydrogen (secondary N) is 2. The lowest BCUT2D eigenvalue weighted by atomic mass is 10.1. The fourth-order valence-corrected chi connectivity index (χ4v) is 3.75. The lowest BCUT2D eigenvalue weighted by molar-refractivity contribution is 0.155. The topological polar surface area (TPSA) is 104 Å². The molecule has 0 aliphatic carbocycles. The molecular weight excluding hydrogens is 408 g/mol. The SMILES string of the molecule is C[Si](C)(C)CCOCN=C(CC=N)c1ccc(Oc2ccc3[nH]c(CO)cc3c2)nc1. The second-order valence-corrected chi connectivity index (χ2v) is 14.2. The van der Waals surface area contributed by atoms with E-state index in [0.717, 1.165) is 33.9 Å². The molecule has 0 aliphatic heterocycles. The van der Waals surface area contributed by atoms with E-state index in [-0.39, 0.29) is 6.61 Å². The molecule has 0 atom stereocenters. The lowest BCUT2D eigenvalue weighted by Crippen LogP contribution is -2.21. The van der Waals surface area contributed by atoms with Crippen LogP contribution in [0.5, 0.6) is 11.6 Å². The lowest BCUT2D eigenvalue weighted by Gasteiger charge is -2.14. The predicted octanol–water partition coefficient (Wildman–Crippen LogP) is 4.99. The van der Waals surface area contributed by atoms with E-state index >= 15 is 0 Å². The molecule has 0 fully saturated rings. The first-order valence-corrected chi connectivity index (χ1v) is 14.1. The molecule has 2 aromatic heterocycles. The zero-order chi connectivity index (χ0) is 22.3. The summed E-state index contributed by atoms with van der Waals surface area (Å²) in [6.45, 7) is 7.93.